The van der Waals surface area contributed by atoms with Crippen molar-refractivity contribution in [3.63, 3.8) is 0 Å². The van der Waals surface area contributed by atoms with Crippen molar-refractivity contribution in [3.8, 4) is 0 Å². The SMILES string of the molecule is COCCN1CCN(c2nc(N)c3ncnc(Nc4cc(C(=O)Nc5cc(C(C)(C)C)n[nH]5)ccc4C)c3n2)CC1. The second kappa shape index (κ2) is 11.6. The van der Waals surface area contributed by atoms with Crippen LogP contribution in [-0.2, 0) is 10.2 Å². The number of ether oxygens (including phenoxy) is 1. The molecule has 13 heteroatoms. The van der Waals surface area contributed by atoms with Crippen LogP contribution in [0.25, 0.3) is 11.0 Å². The van der Waals surface area contributed by atoms with Gasteiger partial charge in [0.25, 0.3) is 5.91 Å². The molecule has 1 amide bonds. The zero-order valence-electron chi connectivity index (χ0n) is 24.2. The zero-order valence-corrected chi connectivity index (χ0v) is 24.2. The number of carbonyl (C=O) groups excluding carboxylic acids is 1. The average Bonchev–Trinajstić information content (AvgIpc) is 3.43. The van der Waals surface area contributed by atoms with Gasteiger partial charge in [0.2, 0.25) is 5.95 Å². The first-order chi connectivity index (χ1) is 19.6. The number of nitrogens with one attached hydrogen (secondary N) is 3. The van der Waals surface area contributed by atoms with E-state index < -0.39 is 0 Å². The molecule has 0 bridgehead atoms. The van der Waals surface area contributed by atoms with Gasteiger partial charge in [-0.15, -0.1) is 0 Å². The molecule has 5 N–H and O–H groups in total. The number of aromatic nitrogens is 6. The quantitative estimate of drug-likeness (QED) is 0.251. The molecule has 0 atom stereocenters. The fourth-order valence-corrected chi connectivity index (χ4v) is 4.57. The normalized spacial score (nSPS) is 14.4. The second-order valence-corrected chi connectivity index (χ2v) is 11.2. The molecule has 1 aromatic carbocycles. The van der Waals surface area contributed by atoms with Gasteiger partial charge in [-0.25, -0.2) is 15.0 Å². The van der Waals surface area contributed by atoms with Crippen LogP contribution in [0, 0.1) is 6.92 Å². The van der Waals surface area contributed by atoms with Crippen LogP contribution in [0.5, 0.6) is 0 Å². The molecule has 41 heavy (non-hydrogen) atoms. The first-order valence-electron chi connectivity index (χ1n) is 13.6. The molecule has 0 spiro atoms. The lowest BCUT2D eigenvalue weighted by Gasteiger charge is -2.34. The summed E-state index contributed by atoms with van der Waals surface area (Å²) in [6, 6.07) is 7.29. The number of aromatic amines is 1. The number of carbonyl (C=O) groups is 1. The molecule has 1 aliphatic rings. The van der Waals surface area contributed by atoms with Gasteiger partial charge in [-0.2, -0.15) is 10.1 Å². The summed E-state index contributed by atoms with van der Waals surface area (Å²) in [7, 11) is 1.71. The Morgan fingerprint density at radius 1 is 1.10 bits per heavy atom. The molecule has 4 heterocycles. The standard InChI is InChI=1S/C28H37N11O2/c1-17-6-7-18(26(40)33-21-15-20(36-37-21)28(2,3)4)14-19(17)32-25-23-22(30-16-31-25)24(29)35-27(34-23)39-10-8-38(9-11-39)12-13-41-5/h6-7,14-16H,8-13H2,1-5H3,(H2,29,34,35)(H,30,31,32)(H2,33,36,37,40). The number of fused-ring (bicyclic) bond motifs is 1. The van der Waals surface area contributed by atoms with Gasteiger partial charge in [0.05, 0.1) is 12.3 Å². The van der Waals surface area contributed by atoms with E-state index in [1.807, 2.05) is 19.1 Å². The summed E-state index contributed by atoms with van der Waals surface area (Å²) in [6.07, 6.45) is 1.43. The van der Waals surface area contributed by atoms with Crippen LogP contribution < -0.4 is 21.3 Å². The molecular formula is C28H37N11O2. The Morgan fingerprint density at radius 2 is 1.88 bits per heavy atom. The summed E-state index contributed by atoms with van der Waals surface area (Å²) in [5.41, 5.74) is 10.2. The van der Waals surface area contributed by atoms with Gasteiger partial charge in [0.1, 0.15) is 23.2 Å². The number of piperazine rings is 1. The van der Waals surface area contributed by atoms with Crippen LogP contribution in [-0.4, -0.2) is 87.4 Å². The van der Waals surface area contributed by atoms with Gasteiger partial charge in [-0.3, -0.25) is 14.8 Å². The largest absolute Gasteiger partial charge is 0.383 e. The summed E-state index contributed by atoms with van der Waals surface area (Å²) in [6.45, 7) is 13.1. The van der Waals surface area contributed by atoms with Crippen molar-refractivity contribution in [1.82, 2.24) is 35.0 Å². The van der Waals surface area contributed by atoms with E-state index >= 15 is 0 Å². The number of amides is 1. The lowest BCUT2D eigenvalue weighted by molar-refractivity contribution is 0.102. The van der Waals surface area contributed by atoms with Crippen LogP contribution in [0.3, 0.4) is 0 Å². The fraction of sp³-hybridized carbons (Fsp3) is 0.429. The van der Waals surface area contributed by atoms with E-state index in [4.69, 9.17) is 15.5 Å². The van der Waals surface area contributed by atoms with Gasteiger partial charge >= 0.3 is 0 Å². The molecule has 5 rings (SSSR count). The number of anilines is 5. The molecule has 0 radical (unpaired) electrons. The highest BCUT2D eigenvalue weighted by Crippen LogP contribution is 2.29. The highest BCUT2D eigenvalue weighted by atomic mass is 16.5. The maximum atomic E-state index is 13.1. The number of hydrogen-bond acceptors (Lipinski definition) is 11. The minimum atomic E-state index is -0.261. The Morgan fingerprint density at radius 3 is 2.59 bits per heavy atom. The Kier molecular flexibility index (Phi) is 7.99. The molecule has 13 nitrogen and oxygen atoms in total. The molecule has 1 saturated heterocycles. The summed E-state index contributed by atoms with van der Waals surface area (Å²) in [5.74, 6) is 1.59. The van der Waals surface area contributed by atoms with Crippen molar-refractivity contribution in [2.45, 2.75) is 33.1 Å². The van der Waals surface area contributed by atoms with Crippen LogP contribution in [0.15, 0.2) is 30.6 Å². The molecule has 1 aliphatic heterocycles. The first-order valence-corrected chi connectivity index (χ1v) is 13.6. The number of nitrogen functional groups attached to an aromatic ring is 1. The van der Waals surface area contributed by atoms with Gasteiger partial charge in [-0.1, -0.05) is 26.8 Å². The molecule has 1 fully saturated rings. The van der Waals surface area contributed by atoms with Gasteiger partial charge < -0.3 is 26.0 Å². The molecule has 216 valence electrons. The minimum absolute atomic E-state index is 0.133. The van der Waals surface area contributed by atoms with Gasteiger partial charge in [0, 0.05) is 62.6 Å². The maximum absolute atomic E-state index is 13.1. The number of benzene rings is 1. The van der Waals surface area contributed by atoms with E-state index in [1.165, 1.54) is 6.33 Å². The average molecular weight is 560 g/mol. The molecule has 0 aliphatic carbocycles. The number of rotatable bonds is 8. The number of nitrogens with zero attached hydrogens (tertiary/aromatic N) is 7. The van der Waals surface area contributed by atoms with Crippen LogP contribution in [0.1, 0.15) is 42.4 Å². The third-order valence-electron chi connectivity index (χ3n) is 7.11. The van der Waals surface area contributed by atoms with Crippen molar-refractivity contribution < 1.29 is 9.53 Å². The topological polar surface area (TPSA) is 163 Å². The van der Waals surface area contributed by atoms with E-state index in [9.17, 15) is 4.79 Å². The number of hydrogen-bond donors (Lipinski definition) is 4. The zero-order chi connectivity index (χ0) is 29.1. The highest BCUT2D eigenvalue weighted by Gasteiger charge is 2.22. The number of H-pyrrole nitrogens is 1. The van der Waals surface area contributed by atoms with Gasteiger partial charge in [-0.05, 0) is 24.6 Å². The second-order valence-electron chi connectivity index (χ2n) is 11.2. The lowest BCUT2D eigenvalue weighted by Crippen LogP contribution is -2.47. The summed E-state index contributed by atoms with van der Waals surface area (Å²) >= 11 is 0. The van der Waals surface area contributed by atoms with E-state index in [-0.39, 0.29) is 17.1 Å². The van der Waals surface area contributed by atoms with E-state index in [0.29, 0.717) is 46.5 Å². The first kappa shape index (κ1) is 28.2. The Bertz CT molecular complexity index is 1540. The summed E-state index contributed by atoms with van der Waals surface area (Å²) in [4.78, 5) is 35.7. The lowest BCUT2D eigenvalue weighted by atomic mass is 9.92. The predicted octanol–water partition coefficient (Wildman–Crippen LogP) is 3.10. The summed E-state index contributed by atoms with van der Waals surface area (Å²) < 4.78 is 5.21. The summed E-state index contributed by atoms with van der Waals surface area (Å²) in [5, 5.41) is 13.5. The smallest absolute Gasteiger partial charge is 0.256 e. The van der Waals surface area contributed by atoms with Crippen molar-refractivity contribution in [1.29, 1.82) is 0 Å². The maximum Gasteiger partial charge on any atom is 0.256 e. The minimum Gasteiger partial charge on any atom is -0.383 e. The van der Waals surface area contributed by atoms with E-state index in [2.05, 4.69) is 66.4 Å². The van der Waals surface area contributed by atoms with Crippen LogP contribution in [0.2, 0.25) is 0 Å². The van der Waals surface area contributed by atoms with Gasteiger partial charge in [0.15, 0.2) is 11.6 Å². The van der Waals surface area contributed by atoms with Crippen molar-refractivity contribution >= 4 is 46.0 Å². The molecular weight excluding hydrogens is 522 g/mol. The molecule has 0 unspecified atom stereocenters. The van der Waals surface area contributed by atoms with Crippen molar-refractivity contribution in [2.24, 2.45) is 0 Å². The third-order valence-corrected chi connectivity index (χ3v) is 7.11. The molecule has 4 aromatic rings. The molecule has 3 aromatic heterocycles. The number of aryl methyl sites for hydroxylation is 1. The van der Waals surface area contributed by atoms with Crippen LogP contribution in [0.4, 0.5) is 29.1 Å². The predicted molar refractivity (Wildman–Crippen MR) is 160 cm³/mol. The Labute approximate surface area is 238 Å². The monoisotopic (exact) mass is 559 g/mol. The Hall–Kier alpha value is -4.36. The third kappa shape index (κ3) is 6.36. The van der Waals surface area contributed by atoms with E-state index in [0.717, 1.165) is 44.0 Å². The fourth-order valence-electron chi connectivity index (χ4n) is 4.57. The van der Waals surface area contributed by atoms with Crippen molar-refractivity contribution in [2.75, 3.05) is 67.7 Å². The Balaban J connectivity index is 1.37. The number of nitrogens with two attached hydrogens (primary N) is 1. The number of methoxy groups -OCH3 is 1. The van der Waals surface area contributed by atoms with Crippen LogP contribution >= 0.6 is 0 Å². The van der Waals surface area contributed by atoms with E-state index in [1.54, 1.807) is 19.2 Å². The molecule has 0 saturated carbocycles. The highest BCUT2D eigenvalue weighted by molar-refractivity contribution is 6.04. The van der Waals surface area contributed by atoms with Crippen molar-refractivity contribution in [3.05, 3.63) is 47.4 Å².